The SMILES string of the molecule is C=C(C)C(=O)OCCCc1cc(-c2ccc(C3CCC(C)CC3)cc2CC)ccc1CO. The van der Waals surface area contributed by atoms with Crippen molar-refractivity contribution in [3.05, 3.63) is 70.8 Å². The molecular formula is C29H38O3. The molecule has 0 spiro atoms. The Balaban J connectivity index is 1.77. The summed E-state index contributed by atoms with van der Waals surface area (Å²) in [5, 5.41) is 9.80. The number of aliphatic hydroxyl groups excluding tert-OH is 1. The molecule has 0 radical (unpaired) electrons. The number of aliphatic hydroxyl groups is 1. The average molecular weight is 435 g/mol. The fraction of sp³-hybridized carbons (Fsp3) is 0.483. The number of benzene rings is 2. The minimum Gasteiger partial charge on any atom is -0.462 e. The third-order valence-electron chi connectivity index (χ3n) is 6.86. The smallest absolute Gasteiger partial charge is 0.333 e. The van der Waals surface area contributed by atoms with Crippen molar-refractivity contribution in [2.45, 2.75) is 78.2 Å². The zero-order valence-corrected chi connectivity index (χ0v) is 20.0. The van der Waals surface area contributed by atoms with Gasteiger partial charge in [-0.1, -0.05) is 69.7 Å². The Kier molecular flexibility index (Phi) is 8.69. The van der Waals surface area contributed by atoms with Crippen LogP contribution in [-0.4, -0.2) is 17.7 Å². The van der Waals surface area contributed by atoms with E-state index in [1.54, 1.807) is 6.92 Å². The molecule has 0 aromatic heterocycles. The normalized spacial score (nSPS) is 18.4. The van der Waals surface area contributed by atoms with E-state index in [1.807, 2.05) is 6.07 Å². The van der Waals surface area contributed by atoms with Crippen LogP contribution in [0, 0.1) is 5.92 Å². The van der Waals surface area contributed by atoms with E-state index in [1.165, 1.54) is 47.9 Å². The van der Waals surface area contributed by atoms with Crippen LogP contribution in [0.3, 0.4) is 0 Å². The molecule has 0 unspecified atom stereocenters. The van der Waals surface area contributed by atoms with Crippen molar-refractivity contribution < 1.29 is 14.6 Å². The molecule has 0 bridgehead atoms. The Bertz CT molecular complexity index is 935. The highest BCUT2D eigenvalue weighted by molar-refractivity contribution is 5.86. The van der Waals surface area contributed by atoms with Gasteiger partial charge in [0.05, 0.1) is 13.2 Å². The summed E-state index contributed by atoms with van der Waals surface area (Å²) in [6.07, 6.45) is 7.75. The Morgan fingerprint density at radius 3 is 2.47 bits per heavy atom. The Hall–Kier alpha value is -2.39. The Morgan fingerprint density at radius 2 is 1.81 bits per heavy atom. The maximum Gasteiger partial charge on any atom is 0.333 e. The van der Waals surface area contributed by atoms with Crippen LogP contribution in [0.1, 0.15) is 81.0 Å². The first-order valence-corrected chi connectivity index (χ1v) is 12.1. The van der Waals surface area contributed by atoms with Crippen molar-refractivity contribution in [1.29, 1.82) is 0 Å². The van der Waals surface area contributed by atoms with Gasteiger partial charge in [-0.15, -0.1) is 0 Å². The number of esters is 1. The van der Waals surface area contributed by atoms with Crippen LogP contribution in [0.5, 0.6) is 0 Å². The summed E-state index contributed by atoms with van der Waals surface area (Å²) in [6.45, 7) is 10.2. The first-order valence-electron chi connectivity index (χ1n) is 12.1. The molecule has 3 nitrogen and oxygen atoms in total. The lowest BCUT2D eigenvalue weighted by Gasteiger charge is -2.27. The highest BCUT2D eigenvalue weighted by Crippen LogP contribution is 2.37. The van der Waals surface area contributed by atoms with Gasteiger partial charge in [-0.2, -0.15) is 0 Å². The number of aryl methyl sites for hydroxylation is 2. The van der Waals surface area contributed by atoms with Crippen molar-refractivity contribution in [1.82, 2.24) is 0 Å². The van der Waals surface area contributed by atoms with Gasteiger partial charge in [-0.05, 0) is 84.2 Å². The van der Waals surface area contributed by atoms with Gasteiger partial charge in [0.15, 0.2) is 0 Å². The zero-order valence-electron chi connectivity index (χ0n) is 20.0. The lowest BCUT2D eigenvalue weighted by atomic mass is 9.78. The predicted octanol–water partition coefficient (Wildman–Crippen LogP) is 6.75. The van der Waals surface area contributed by atoms with E-state index in [9.17, 15) is 9.90 Å². The van der Waals surface area contributed by atoms with Crippen LogP contribution in [0.25, 0.3) is 11.1 Å². The molecular weight excluding hydrogens is 396 g/mol. The molecule has 0 amide bonds. The second kappa shape index (κ2) is 11.5. The van der Waals surface area contributed by atoms with Gasteiger partial charge in [0.25, 0.3) is 0 Å². The number of ether oxygens (including phenoxy) is 1. The summed E-state index contributed by atoms with van der Waals surface area (Å²) in [5.74, 6) is 1.21. The summed E-state index contributed by atoms with van der Waals surface area (Å²) in [7, 11) is 0. The molecule has 0 heterocycles. The van der Waals surface area contributed by atoms with E-state index in [0.717, 1.165) is 36.3 Å². The number of carbonyl (C=O) groups excluding carboxylic acids is 1. The number of rotatable bonds is 9. The molecule has 1 N–H and O–H groups in total. The van der Waals surface area contributed by atoms with Crippen molar-refractivity contribution in [2.24, 2.45) is 5.92 Å². The van der Waals surface area contributed by atoms with Crippen LogP contribution in [0.4, 0.5) is 0 Å². The van der Waals surface area contributed by atoms with Crippen LogP contribution in [0.15, 0.2) is 48.6 Å². The minimum absolute atomic E-state index is 0.0147. The fourth-order valence-corrected chi connectivity index (χ4v) is 4.77. The summed E-state index contributed by atoms with van der Waals surface area (Å²) < 4.78 is 5.23. The van der Waals surface area contributed by atoms with Gasteiger partial charge in [0, 0.05) is 5.57 Å². The first-order chi connectivity index (χ1) is 15.4. The fourth-order valence-electron chi connectivity index (χ4n) is 4.77. The quantitative estimate of drug-likeness (QED) is 0.270. The van der Waals surface area contributed by atoms with Gasteiger partial charge >= 0.3 is 5.97 Å². The standard InChI is InChI=1S/C29H38O3/c1-5-22-17-25(23-10-8-21(4)9-11-23)14-15-28(22)26-12-13-27(19-30)24(18-26)7-6-16-32-29(31)20(2)3/h12-15,17-18,21,23,30H,2,5-11,16,19H2,1,3-4H3. The molecule has 3 heteroatoms. The lowest BCUT2D eigenvalue weighted by Crippen LogP contribution is -2.11. The van der Waals surface area contributed by atoms with E-state index in [2.05, 4.69) is 50.8 Å². The Morgan fingerprint density at radius 1 is 1.06 bits per heavy atom. The van der Waals surface area contributed by atoms with Crippen molar-refractivity contribution >= 4 is 5.97 Å². The summed E-state index contributed by atoms with van der Waals surface area (Å²) in [6, 6.07) is 13.4. The molecule has 0 saturated heterocycles. The second-order valence-electron chi connectivity index (χ2n) is 9.39. The van der Waals surface area contributed by atoms with Crippen LogP contribution in [-0.2, 0) is 29.0 Å². The molecule has 2 aromatic carbocycles. The van der Waals surface area contributed by atoms with E-state index in [4.69, 9.17) is 4.74 Å². The molecule has 0 aliphatic heterocycles. The zero-order chi connectivity index (χ0) is 23.1. The Labute approximate surface area is 193 Å². The summed E-state index contributed by atoms with van der Waals surface area (Å²) >= 11 is 0. The highest BCUT2D eigenvalue weighted by Gasteiger charge is 2.20. The first kappa shape index (κ1) is 24.3. The largest absolute Gasteiger partial charge is 0.462 e. The molecule has 1 aliphatic carbocycles. The molecule has 1 aliphatic rings. The van der Waals surface area contributed by atoms with Crippen LogP contribution < -0.4 is 0 Å². The van der Waals surface area contributed by atoms with Crippen molar-refractivity contribution in [3.8, 4) is 11.1 Å². The molecule has 3 rings (SSSR count). The van der Waals surface area contributed by atoms with Gasteiger partial charge in [0.1, 0.15) is 0 Å². The predicted molar refractivity (Wildman–Crippen MR) is 132 cm³/mol. The third-order valence-corrected chi connectivity index (χ3v) is 6.86. The molecule has 1 saturated carbocycles. The number of carbonyl (C=O) groups is 1. The molecule has 1 fully saturated rings. The maximum absolute atomic E-state index is 11.6. The minimum atomic E-state index is -0.346. The lowest BCUT2D eigenvalue weighted by molar-refractivity contribution is -0.139. The molecule has 172 valence electrons. The topological polar surface area (TPSA) is 46.5 Å². The molecule has 2 aromatic rings. The maximum atomic E-state index is 11.6. The molecule has 0 atom stereocenters. The van der Waals surface area contributed by atoms with Gasteiger partial charge < -0.3 is 9.84 Å². The number of hydrogen-bond acceptors (Lipinski definition) is 3. The van der Waals surface area contributed by atoms with E-state index >= 15 is 0 Å². The van der Waals surface area contributed by atoms with Crippen LogP contribution in [0.2, 0.25) is 0 Å². The average Bonchev–Trinajstić information content (AvgIpc) is 2.81. The monoisotopic (exact) mass is 434 g/mol. The second-order valence-corrected chi connectivity index (χ2v) is 9.39. The highest BCUT2D eigenvalue weighted by atomic mass is 16.5. The van der Waals surface area contributed by atoms with E-state index in [0.29, 0.717) is 18.1 Å². The third kappa shape index (κ3) is 6.10. The van der Waals surface area contributed by atoms with Crippen LogP contribution >= 0.6 is 0 Å². The van der Waals surface area contributed by atoms with Gasteiger partial charge in [-0.25, -0.2) is 4.79 Å². The van der Waals surface area contributed by atoms with Crippen molar-refractivity contribution in [3.63, 3.8) is 0 Å². The van der Waals surface area contributed by atoms with Crippen molar-refractivity contribution in [2.75, 3.05) is 6.61 Å². The van der Waals surface area contributed by atoms with Gasteiger partial charge in [-0.3, -0.25) is 0 Å². The van der Waals surface area contributed by atoms with E-state index < -0.39 is 0 Å². The van der Waals surface area contributed by atoms with E-state index in [-0.39, 0.29) is 12.6 Å². The summed E-state index contributed by atoms with van der Waals surface area (Å²) in [5.41, 5.74) is 7.82. The molecule has 32 heavy (non-hydrogen) atoms. The van der Waals surface area contributed by atoms with Gasteiger partial charge in [0.2, 0.25) is 0 Å². The number of hydrogen-bond donors (Lipinski definition) is 1. The summed E-state index contributed by atoms with van der Waals surface area (Å²) in [4.78, 5) is 11.6.